The number of carbonyl (C=O) groups is 3. The van der Waals surface area contributed by atoms with E-state index >= 15 is 0 Å². The molecule has 0 saturated carbocycles. The molecule has 0 aliphatic rings. The van der Waals surface area contributed by atoms with Gasteiger partial charge in [0.25, 0.3) is 0 Å². The van der Waals surface area contributed by atoms with Gasteiger partial charge in [-0.1, -0.05) is 0 Å². The Morgan fingerprint density at radius 2 is 1.71 bits per heavy atom. The molecule has 17 heavy (non-hydrogen) atoms. The molecule has 0 aromatic heterocycles. The van der Waals surface area contributed by atoms with Crippen LogP contribution in [0.5, 0.6) is 0 Å². The van der Waals surface area contributed by atoms with Crippen molar-refractivity contribution in [3.05, 3.63) is 0 Å². The lowest BCUT2D eigenvalue weighted by molar-refractivity contribution is -0.150. The Balaban J connectivity index is 4.81. The van der Waals surface area contributed by atoms with Crippen LogP contribution in [-0.2, 0) is 14.4 Å². The van der Waals surface area contributed by atoms with E-state index < -0.39 is 34.6 Å². The van der Waals surface area contributed by atoms with E-state index in [0.29, 0.717) is 0 Å². The molecule has 0 aliphatic heterocycles. The molecule has 0 radical (unpaired) electrons. The van der Waals surface area contributed by atoms with E-state index in [9.17, 15) is 14.4 Å². The highest BCUT2D eigenvalue weighted by molar-refractivity contribution is 8.01. The summed E-state index contributed by atoms with van der Waals surface area (Å²) in [7, 11) is 0. The summed E-state index contributed by atoms with van der Waals surface area (Å²) in [5.41, 5.74) is 5.24. The molecule has 0 aliphatic carbocycles. The first kappa shape index (κ1) is 15.7. The van der Waals surface area contributed by atoms with Crippen molar-refractivity contribution in [2.45, 2.75) is 24.6 Å². The summed E-state index contributed by atoms with van der Waals surface area (Å²) in [6.45, 7) is 2.50. The molecule has 7 nitrogen and oxygen atoms in total. The van der Waals surface area contributed by atoms with Crippen LogP contribution in [0.2, 0.25) is 0 Å². The molecular weight excluding hydrogens is 250 g/mol. The van der Waals surface area contributed by atoms with Crippen molar-refractivity contribution in [1.29, 1.82) is 0 Å². The fourth-order valence-electron chi connectivity index (χ4n) is 0.942. The van der Waals surface area contributed by atoms with Crippen LogP contribution in [0.4, 0.5) is 0 Å². The molecule has 0 spiro atoms. The Labute approximate surface area is 102 Å². The third-order valence-electron chi connectivity index (χ3n) is 2.50. The molecule has 3 atom stereocenters. The Morgan fingerprint density at radius 1 is 1.24 bits per heavy atom. The lowest BCUT2D eigenvalue weighted by Gasteiger charge is -2.28. The predicted molar refractivity (Wildman–Crippen MR) is 60.9 cm³/mol. The molecule has 0 aromatic rings. The fraction of sp³-hybridized carbons (Fsp3) is 0.667. The summed E-state index contributed by atoms with van der Waals surface area (Å²) in [5.74, 6) is -5.16. The van der Waals surface area contributed by atoms with Crippen molar-refractivity contribution >= 4 is 29.7 Å². The van der Waals surface area contributed by atoms with Crippen molar-refractivity contribution in [2.75, 3.05) is 5.75 Å². The fourth-order valence-corrected chi connectivity index (χ4v) is 2.08. The van der Waals surface area contributed by atoms with Gasteiger partial charge in [-0.05, 0) is 13.8 Å². The monoisotopic (exact) mass is 265 g/mol. The van der Waals surface area contributed by atoms with Gasteiger partial charge in [0.05, 0.1) is 5.92 Å². The van der Waals surface area contributed by atoms with Gasteiger partial charge in [0, 0.05) is 5.75 Å². The van der Waals surface area contributed by atoms with Gasteiger partial charge in [0.15, 0.2) is 0 Å². The standard InChI is InChI=1S/C9H15NO6S/c1-4(6(11)12)9(2,8(15)16)17-3-5(10)7(13)14/h4-5H,3,10H2,1-2H3,(H,11,12)(H,13,14)(H,15,16)/t4?,5-,9?/m0/s1. The first-order chi connectivity index (χ1) is 7.62. The zero-order chi connectivity index (χ0) is 13.8. The molecule has 8 heteroatoms. The van der Waals surface area contributed by atoms with Crippen LogP contribution in [0.25, 0.3) is 0 Å². The molecule has 0 bridgehead atoms. The van der Waals surface area contributed by atoms with E-state index in [-0.39, 0.29) is 5.75 Å². The first-order valence-electron chi connectivity index (χ1n) is 4.71. The topological polar surface area (TPSA) is 138 Å². The number of nitrogens with two attached hydrogens (primary N) is 1. The second-order valence-electron chi connectivity index (χ2n) is 3.73. The Morgan fingerprint density at radius 3 is 2.00 bits per heavy atom. The highest BCUT2D eigenvalue weighted by Crippen LogP contribution is 2.34. The number of hydrogen-bond acceptors (Lipinski definition) is 5. The maximum absolute atomic E-state index is 11.1. The maximum Gasteiger partial charge on any atom is 0.321 e. The summed E-state index contributed by atoms with van der Waals surface area (Å²) >= 11 is 0.719. The average molecular weight is 265 g/mol. The molecule has 2 unspecified atom stereocenters. The minimum absolute atomic E-state index is 0.171. The molecule has 0 fully saturated rings. The molecule has 0 aromatic carbocycles. The summed E-state index contributed by atoms with van der Waals surface area (Å²) in [5, 5.41) is 26.4. The van der Waals surface area contributed by atoms with Gasteiger partial charge in [-0.15, -0.1) is 11.8 Å². The van der Waals surface area contributed by atoms with Crippen molar-refractivity contribution in [1.82, 2.24) is 0 Å². The quantitative estimate of drug-likeness (QED) is 0.492. The van der Waals surface area contributed by atoms with Crippen LogP contribution in [0, 0.1) is 5.92 Å². The van der Waals surface area contributed by atoms with E-state index in [4.69, 9.17) is 21.1 Å². The second-order valence-corrected chi connectivity index (χ2v) is 5.20. The third kappa shape index (κ3) is 3.90. The minimum Gasteiger partial charge on any atom is -0.481 e. The zero-order valence-electron chi connectivity index (χ0n) is 9.41. The minimum atomic E-state index is -1.61. The van der Waals surface area contributed by atoms with Gasteiger partial charge in [-0.25, -0.2) is 0 Å². The molecule has 98 valence electrons. The first-order valence-corrected chi connectivity index (χ1v) is 5.70. The van der Waals surface area contributed by atoms with Crippen LogP contribution in [0.15, 0.2) is 0 Å². The predicted octanol–water partition coefficient (Wildman–Crippen LogP) is -0.304. The van der Waals surface area contributed by atoms with Crippen LogP contribution in [-0.4, -0.2) is 49.8 Å². The van der Waals surface area contributed by atoms with Crippen molar-refractivity contribution in [3.63, 3.8) is 0 Å². The van der Waals surface area contributed by atoms with Gasteiger partial charge in [0.1, 0.15) is 10.8 Å². The highest BCUT2D eigenvalue weighted by Gasteiger charge is 2.44. The lowest BCUT2D eigenvalue weighted by atomic mass is 9.95. The van der Waals surface area contributed by atoms with Gasteiger partial charge in [0.2, 0.25) is 0 Å². The van der Waals surface area contributed by atoms with Gasteiger partial charge in [-0.3, -0.25) is 14.4 Å². The summed E-state index contributed by atoms with van der Waals surface area (Å²) in [6.07, 6.45) is 0. The third-order valence-corrected chi connectivity index (χ3v) is 4.15. The largest absolute Gasteiger partial charge is 0.481 e. The summed E-state index contributed by atoms with van der Waals surface area (Å²) in [6, 6.07) is -1.22. The molecule has 0 amide bonds. The SMILES string of the molecule is CC(C(=O)O)C(C)(SC[C@H](N)C(=O)O)C(=O)O. The molecule has 0 heterocycles. The average Bonchev–Trinajstić information content (AvgIpc) is 2.23. The number of aliphatic carboxylic acids is 3. The molecule has 0 rings (SSSR count). The van der Waals surface area contributed by atoms with E-state index in [1.54, 1.807) is 0 Å². The molecular formula is C9H15NO6S. The number of thioether (sulfide) groups is 1. The number of rotatable bonds is 7. The summed E-state index contributed by atoms with van der Waals surface area (Å²) < 4.78 is -1.61. The van der Waals surface area contributed by atoms with E-state index in [1.807, 2.05) is 0 Å². The smallest absolute Gasteiger partial charge is 0.321 e. The van der Waals surface area contributed by atoms with Crippen LogP contribution >= 0.6 is 11.8 Å². The Kier molecular flexibility index (Phi) is 5.43. The van der Waals surface area contributed by atoms with Crippen molar-refractivity contribution in [2.24, 2.45) is 11.7 Å². The van der Waals surface area contributed by atoms with Crippen LogP contribution < -0.4 is 5.73 Å². The number of carboxylic acid groups (broad SMARTS) is 3. The number of carboxylic acids is 3. The lowest BCUT2D eigenvalue weighted by Crippen LogP contribution is -2.44. The van der Waals surface area contributed by atoms with Crippen molar-refractivity contribution in [3.8, 4) is 0 Å². The Bertz CT molecular complexity index is 333. The highest BCUT2D eigenvalue weighted by atomic mass is 32.2. The normalized spacial score (nSPS) is 17.8. The van der Waals surface area contributed by atoms with E-state index in [2.05, 4.69) is 0 Å². The van der Waals surface area contributed by atoms with Gasteiger partial charge < -0.3 is 21.1 Å². The number of hydrogen-bond donors (Lipinski definition) is 4. The van der Waals surface area contributed by atoms with E-state index in [0.717, 1.165) is 11.8 Å². The van der Waals surface area contributed by atoms with Crippen LogP contribution in [0.1, 0.15) is 13.8 Å². The van der Waals surface area contributed by atoms with Gasteiger partial charge in [-0.2, -0.15) is 0 Å². The van der Waals surface area contributed by atoms with E-state index in [1.165, 1.54) is 13.8 Å². The Hall–Kier alpha value is -1.28. The molecule has 0 saturated heterocycles. The van der Waals surface area contributed by atoms with Gasteiger partial charge >= 0.3 is 17.9 Å². The maximum atomic E-state index is 11.1. The summed E-state index contributed by atoms with van der Waals surface area (Å²) in [4.78, 5) is 32.4. The second kappa shape index (κ2) is 5.87. The van der Waals surface area contributed by atoms with Crippen LogP contribution in [0.3, 0.4) is 0 Å². The van der Waals surface area contributed by atoms with Crippen molar-refractivity contribution < 1.29 is 29.7 Å². The zero-order valence-corrected chi connectivity index (χ0v) is 10.2. The molecule has 5 N–H and O–H groups in total.